The number of anilines is 1. The van der Waals surface area contributed by atoms with Gasteiger partial charge in [0.15, 0.2) is 0 Å². The predicted octanol–water partition coefficient (Wildman–Crippen LogP) is 1.10. The zero-order chi connectivity index (χ0) is 14.6. The van der Waals surface area contributed by atoms with Crippen LogP contribution in [-0.2, 0) is 11.8 Å². The Bertz CT molecular complexity index is 440. The van der Waals surface area contributed by atoms with Crippen molar-refractivity contribution in [3.8, 4) is 0 Å². The first-order chi connectivity index (χ1) is 8.88. The Morgan fingerprint density at radius 2 is 2.16 bits per heavy atom. The quantitative estimate of drug-likeness (QED) is 0.809. The standard InChI is InChI=1S/C13H24N4O2/c1-6-19-7-10(8(2)3)15-13(18)12-11(14)9(4)16-17(12)5/h8,10H,6-7,14H2,1-5H3,(H,15,18). The van der Waals surface area contributed by atoms with E-state index in [1.807, 2.05) is 20.8 Å². The molecule has 0 aliphatic rings. The van der Waals surface area contributed by atoms with Gasteiger partial charge in [-0.05, 0) is 19.8 Å². The van der Waals surface area contributed by atoms with Crippen LogP contribution in [0.25, 0.3) is 0 Å². The minimum atomic E-state index is -0.209. The summed E-state index contributed by atoms with van der Waals surface area (Å²) in [4.78, 5) is 12.3. The number of amides is 1. The maximum Gasteiger partial charge on any atom is 0.272 e. The lowest BCUT2D eigenvalue weighted by Gasteiger charge is -2.22. The van der Waals surface area contributed by atoms with E-state index in [4.69, 9.17) is 10.5 Å². The van der Waals surface area contributed by atoms with E-state index in [0.29, 0.717) is 30.3 Å². The molecule has 0 aromatic carbocycles. The van der Waals surface area contributed by atoms with Crippen molar-refractivity contribution in [2.75, 3.05) is 18.9 Å². The van der Waals surface area contributed by atoms with E-state index in [1.54, 1.807) is 14.0 Å². The molecule has 0 spiro atoms. The largest absolute Gasteiger partial charge is 0.395 e. The van der Waals surface area contributed by atoms with Crippen molar-refractivity contribution >= 4 is 11.6 Å². The van der Waals surface area contributed by atoms with E-state index in [9.17, 15) is 4.79 Å². The van der Waals surface area contributed by atoms with Gasteiger partial charge < -0.3 is 15.8 Å². The van der Waals surface area contributed by atoms with Gasteiger partial charge in [-0.2, -0.15) is 5.10 Å². The van der Waals surface area contributed by atoms with Crippen molar-refractivity contribution in [2.24, 2.45) is 13.0 Å². The number of nitrogens with one attached hydrogen (secondary N) is 1. The van der Waals surface area contributed by atoms with Gasteiger partial charge >= 0.3 is 0 Å². The number of hydrogen-bond donors (Lipinski definition) is 2. The summed E-state index contributed by atoms with van der Waals surface area (Å²) in [6.07, 6.45) is 0. The minimum Gasteiger partial charge on any atom is -0.395 e. The molecule has 0 saturated heterocycles. The molecule has 0 radical (unpaired) electrons. The number of carbonyl (C=O) groups is 1. The molecule has 3 N–H and O–H groups in total. The first kappa shape index (κ1) is 15.5. The summed E-state index contributed by atoms with van der Waals surface area (Å²) in [5.74, 6) is 0.0741. The first-order valence-electron chi connectivity index (χ1n) is 6.56. The number of nitrogens with zero attached hydrogens (tertiary/aromatic N) is 2. The molecule has 1 heterocycles. The van der Waals surface area contributed by atoms with Crippen LogP contribution >= 0.6 is 0 Å². The van der Waals surface area contributed by atoms with Gasteiger partial charge in [-0.25, -0.2) is 0 Å². The van der Waals surface area contributed by atoms with Crippen molar-refractivity contribution in [2.45, 2.75) is 33.7 Å². The number of hydrogen-bond acceptors (Lipinski definition) is 4. The second-order valence-electron chi connectivity index (χ2n) is 4.95. The molecule has 0 saturated carbocycles. The number of ether oxygens (including phenoxy) is 1. The maximum atomic E-state index is 12.3. The molecule has 6 heteroatoms. The maximum absolute atomic E-state index is 12.3. The third kappa shape index (κ3) is 3.70. The van der Waals surface area contributed by atoms with Crippen LogP contribution < -0.4 is 11.1 Å². The fourth-order valence-electron chi connectivity index (χ4n) is 1.83. The lowest BCUT2D eigenvalue weighted by atomic mass is 10.1. The normalized spacial score (nSPS) is 12.7. The number of aromatic nitrogens is 2. The lowest BCUT2D eigenvalue weighted by Crippen LogP contribution is -2.42. The second-order valence-corrected chi connectivity index (χ2v) is 4.95. The molecule has 108 valence electrons. The van der Waals surface area contributed by atoms with Crippen LogP contribution in [0.1, 0.15) is 37.0 Å². The predicted molar refractivity (Wildman–Crippen MR) is 74.9 cm³/mol. The number of carbonyl (C=O) groups excluding carboxylic acids is 1. The van der Waals surface area contributed by atoms with Crippen LogP contribution in [0.3, 0.4) is 0 Å². The number of nitrogen functional groups attached to an aromatic ring is 1. The molecular weight excluding hydrogens is 244 g/mol. The van der Waals surface area contributed by atoms with E-state index in [-0.39, 0.29) is 17.9 Å². The van der Waals surface area contributed by atoms with Gasteiger partial charge in [-0.3, -0.25) is 9.48 Å². The second kappa shape index (κ2) is 6.56. The van der Waals surface area contributed by atoms with Crippen molar-refractivity contribution in [3.63, 3.8) is 0 Å². The minimum absolute atomic E-state index is 0.0398. The summed E-state index contributed by atoms with van der Waals surface area (Å²) in [6, 6.07) is -0.0398. The van der Waals surface area contributed by atoms with E-state index in [1.165, 1.54) is 4.68 Å². The number of nitrogens with two attached hydrogens (primary N) is 1. The molecule has 0 aliphatic carbocycles. The monoisotopic (exact) mass is 268 g/mol. The van der Waals surface area contributed by atoms with Crippen LogP contribution in [0.4, 0.5) is 5.69 Å². The molecule has 0 fully saturated rings. The van der Waals surface area contributed by atoms with Gasteiger partial charge in [0.05, 0.1) is 24.0 Å². The Morgan fingerprint density at radius 3 is 2.58 bits per heavy atom. The summed E-state index contributed by atoms with van der Waals surface area (Å²) in [7, 11) is 1.71. The third-order valence-electron chi connectivity index (χ3n) is 3.11. The zero-order valence-electron chi connectivity index (χ0n) is 12.4. The summed E-state index contributed by atoms with van der Waals surface area (Å²) in [5, 5.41) is 7.10. The number of rotatable bonds is 6. The highest BCUT2D eigenvalue weighted by molar-refractivity contribution is 5.98. The Balaban J connectivity index is 2.82. The lowest BCUT2D eigenvalue weighted by molar-refractivity contribution is 0.0799. The Kier molecular flexibility index (Phi) is 5.35. The molecule has 1 amide bonds. The molecule has 1 atom stereocenters. The number of aryl methyl sites for hydroxylation is 2. The van der Waals surface area contributed by atoms with Crippen molar-refractivity contribution in [1.29, 1.82) is 0 Å². The van der Waals surface area contributed by atoms with Gasteiger partial charge in [0, 0.05) is 13.7 Å². The van der Waals surface area contributed by atoms with Gasteiger partial charge in [-0.1, -0.05) is 13.8 Å². The first-order valence-corrected chi connectivity index (χ1v) is 6.56. The summed E-state index contributed by atoms with van der Waals surface area (Å²) in [5.41, 5.74) is 7.38. The fraction of sp³-hybridized carbons (Fsp3) is 0.692. The summed E-state index contributed by atoms with van der Waals surface area (Å²) in [6.45, 7) is 8.93. The van der Waals surface area contributed by atoms with Gasteiger partial charge in [-0.15, -0.1) is 0 Å². The van der Waals surface area contributed by atoms with E-state index in [2.05, 4.69) is 10.4 Å². The average Bonchev–Trinajstić information content (AvgIpc) is 2.58. The molecule has 1 aromatic rings. The van der Waals surface area contributed by atoms with Crippen LogP contribution in [0.2, 0.25) is 0 Å². The highest BCUT2D eigenvalue weighted by Crippen LogP contribution is 2.15. The smallest absolute Gasteiger partial charge is 0.272 e. The highest BCUT2D eigenvalue weighted by atomic mass is 16.5. The molecule has 1 unspecified atom stereocenters. The van der Waals surface area contributed by atoms with Crippen LogP contribution in [-0.4, -0.2) is 34.9 Å². The molecule has 0 aliphatic heterocycles. The molecule has 19 heavy (non-hydrogen) atoms. The van der Waals surface area contributed by atoms with Crippen molar-refractivity contribution in [1.82, 2.24) is 15.1 Å². The average molecular weight is 268 g/mol. The van der Waals surface area contributed by atoms with E-state index < -0.39 is 0 Å². The van der Waals surface area contributed by atoms with Crippen LogP contribution in [0.15, 0.2) is 0 Å². The Hall–Kier alpha value is -1.56. The van der Waals surface area contributed by atoms with Gasteiger partial charge in [0.25, 0.3) is 5.91 Å². The summed E-state index contributed by atoms with van der Waals surface area (Å²) >= 11 is 0. The Morgan fingerprint density at radius 1 is 1.53 bits per heavy atom. The van der Waals surface area contributed by atoms with Gasteiger partial charge in [0.1, 0.15) is 5.69 Å². The van der Waals surface area contributed by atoms with E-state index >= 15 is 0 Å². The summed E-state index contributed by atoms with van der Waals surface area (Å²) < 4.78 is 6.90. The molecule has 0 bridgehead atoms. The van der Waals surface area contributed by atoms with Crippen LogP contribution in [0, 0.1) is 12.8 Å². The molecule has 1 rings (SSSR count). The highest BCUT2D eigenvalue weighted by Gasteiger charge is 2.22. The fourth-order valence-corrected chi connectivity index (χ4v) is 1.83. The van der Waals surface area contributed by atoms with E-state index in [0.717, 1.165) is 0 Å². The van der Waals surface area contributed by atoms with Crippen LogP contribution in [0.5, 0.6) is 0 Å². The third-order valence-corrected chi connectivity index (χ3v) is 3.11. The van der Waals surface area contributed by atoms with Gasteiger partial charge in [0.2, 0.25) is 0 Å². The SMILES string of the molecule is CCOCC(NC(=O)c1c(N)c(C)nn1C)C(C)C. The zero-order valence-corrected chi connectivity index (χ0v) is 12.4. The molecular formula is C13H24N4O2. The molecule has 1 aromatic heterocycles. The molecule has 6 nitrogen and oxygen atoms in total. The topological polar surface area (TPSA) is 82.2 Å². The van der Waals surface area contributed by atoms with Crippen molar-refractivity contribution < 1.29 is 9.53 Å². The van der Waals surface area contributed by atoms with Crippen molar-refractivity contribution in [3.05, 3.63) is 11.4 Å². The Labute approximate surface area is 114 Å².